The summed E-state index contributed by atoms with van der Waals surface area (Å²) in [6.07, 6.45) is 4.25. The predicted octanol–water partition coefficient (Wildman–Crippen LogP) is 4.11. The predicted molar refractivity (Wildman–Crippen MR) is 155 cm³/mol. The second-order valence-corrected chi connectivity index (χ2v) is 11.4. The van der Waals surface area contributed by atoms with Crippen LogP contribution in [0.2, 0.25) is 5.02 Å². The van der Waals surface area contributed by atoms with Crippen molar-refractivity contribution in [2.75, 3.05) is 13.2 Å². The van der Waals surface area contributed by atoms with Gasteiger partial charge in [-0.3, -0.25) is 14.4 Å². The average Bonchev–Trinajstić information content (AvgIpc) is 3.22. The van der Waals surface area contributed by atoms with Crippen LogP contribution < -0.4 is 15.4 Å². The number of aliphatic hydroxyl groups is 1. The molecule has 226 valence electrons. The Morgan fingerprint density at radius 1 is 1.14 bits per heavy atom. The highest BCUT2D eigenvalue weighted by Gasteiger charge is 2.35. The van der Waals surface area contributed by atoms with Gasteiger partial charge in [-0.2, -0.15) is 0 Å². The number of carbonyl (C=O) groups excluding carboxylic acids is 4. The third kappa shape index (κ3) is 9.19. The van der Waals surface area contributed by atoms with E-state index >= 15 is 0 Å². The molecule has 11 heteroatoms. The molecule has 1 heterocycles. The Labute approximate surface area is 250 Å². The molecular formula is C31H38ClN3O7. The Bertz CT molecular complexity index is 1250. The molecule has 0 saturated heterocycles. The maximum atomic E-state index is 13.3. The first-order valence-corrected chi connectivity index (χ1v) is 14.8. The van der Waals surface area contributed by atoms with E-state index < -0.39 is 23.8 Å². The van der Waals surface area contributed by atoms with Crippen LogP contribution in [0.5, 0.6) is 5.75 Å². The number of rotatable bonds is 11. The number of benzene rings is 2. The lowest BCUT2D eigenvalue weighted by Gasteiger charge is -2.30. The van der Waals surface area contributed by atoms with E-state index in [-0.39, 0.29) is 37.6 Å². The molecule has 0 bridgehead atoms. The number of hydrogen-bond donors (Lipinski definition) is 3. The van der Waals surface area contributed by atoms with Gasteiger partial charge in [-0.05, 0) is 36.1 Å². The van der Waals surface area contributed by atoms with Crippen LogP contribution in [0.4, 0.5) is 4.79 Å². The Morgan fingerprint density at radius 3 is 2.69 bits per heavy atom. The number of alkyl carbamates (subject to hydrolysis) is 1. The van der Waals surface area contributed by atoms with Gasteiger partial charge in [0.25, 0.3) is 0 Å². The van der Waals surface area contributed by atoms with Crippen LogP contribution in [0.15, 0.2) is 48.5 Å². The lowest BCUT2D eigenvalue weighted by atomic mass is 9.84. The fraction of sp³-hybridized carbons (Fsp3) is 0.484. The molecule has 1 unspecified atom stereocenters. The maximum Gasteiger partial charge on any atom is 0.408 e. The van der Waals surface area contributed by atoms with Crippen LogP contribution >= 0.6 is 11.6 Å². The molecule has 42 heavy (non-hydrogen) atoms. The van der Waals surface area contributed by atoms with Crippen molar-refractivity contribution < 1.29 is 33.8 Å². The molecule has 10 nitrogen and oxygen atoms in total. The molecule has 2 aliphatic rings. The Kier molecular flexibility index (Phi) is 11.2. The SMILES string of the molecule is O=CC(O)(CCC(=O)N1CCOc2ccccc2C1)NC(=O)[C@H](CC1CCCCC1)NC(=O)OCc1cccc(Cl)c1. The van der Waals surface area contributed by atoms with Crippen LogP contribution in [0.1, 0.15) is 62.5 Å². The van der Waals surface area contributed by atoms with E-state index in [1.807, 2.05) is 24.3 Å². The highest BCUT2D eigenvalue weighted by molar-refractivity contribution is 6.30. The summed E-state index contributed by atoms with van der Waals surface area (Å²) in [4.78, 5) is 52.6. The van der Waals surface area contributed by atoms with Crippen molar-refractivity contribution in [1.82, 2.24) is 15.5 Å². The summed E-state index contributed by atoms with van der Waals surface area (Å²) in [5, 5.41) is 16.4. The summed E-state index contributed by atoms with van der Waals surface area (Å²) in [5.41, 5.74) is -0.740. The monoisotopic (exact) mass is 599 g/mol. The maximum absolute atomic E-state index is 13.3. The van der Waals surface area contributed by atoms with Crippen molar-refractivity contribution >= 4 is 35.8 Å². The van der Waals surface area contributed by atoms with Crippen molar-refractivity contribution in [3.8, 4) is 5.75 Å². The van der Waals surface area contributed by atoms with Gasteiger partial charge in [-0.1, -0.05) is 74.0 Å². The van der Waals surface area contributed by atoms with Crippen molar-refractivity contribution in [3.05, 3.63) is 64.7 Å². The number of hydrogen-bond acceptors (Lipinski definition) is 7. The lowest BCUT2D eigenvalue weighted by molar-refractivity contribution is -0.143. The minimum Gasteiger partial charge on any atom is -0.491 e. The molecule has 1 fully saturated rings. The zero-order chi connectivity index (χ0) is 30.0. The van der Waals surface area contributed by atoms with E-state index in [9.17, 15) is 24.3 Å². The summed E-state index contributed by atoms with van der Waals surface area (Å²) in [7, 11) is 0. The number of nitrogens with zero attached hydrogens (tertiary/aromatic N) is 1. The molecule has 1 saturated carbocycles. The van der Waals surface area contributed by atoms with Crippen LogP contribution in [0.3, 0.4) is 0 Å². The summed E-state index contributed by atoms with van der Waals surface area (Å²) in [5.74, 6) is -0.0976. The van der Waals surface area contributed by atoms with E-state index in [1.165, 1.54) is 0 Å². The van der Waals surface area contributed by atoms with Gasteiger partial charge in [-0.15, -0.1) is 0 Å². The van der Waals surface area contributed by atoms with Crippen LogP contribution in [-0.2, 0) is 32.3 Å². The summed E-state index contributed by atoms with van der Waals surface area (Å²) >= 11 is 6.00. The van der Waals surface area contributed by atoms with Gasteiger partial charge >= 0.3 is 6.09 Å². The normalized spacial score (nSPS) is 17.4. The highest BCUT2D eigenvalue weighted by Crippen LogP contribution is 2.28. The van der Waals surface area contributed by atoms with Gasteiger partial charge in [0.15, 0.2) is 12.0 Å². The van der Waals surface area contributed by atoms with Gasteiger partial charge < -0.3 is 30.1 Å². The molecule has 4 rings (SSSR count). The number of para-hydroxylation sites is 1. The molecule has 1 aliphatic heterocycles. The molecule has 0 spiro atoms. The van der Waals surface area contributed by atoms with Crippen molar-refractivity contribution in [3.63, 3.8) is 0 Å². The van der Waals surface area contributed by atoms with Gasteiger partial charge in [0.1, 0.15) is 25.0 Å². The van der Waals surface area contributed by atoms with Crippen LogP contribution in [-0.4, -0.2) is 59.1 Å². The van der Waals surface area contributed by atoms with Crippen molar-refractivity contribution in [1.29, 1.82) is 0 Å². The minimum atomic E-state index is -2.29. The second kappa shape index (κ2) is 15.0. The van der Waals surface area contributed by atoms with Crippen molar-refractivity contribution in [2.24, 2.45) is 5.92 Å². The Balaban J connectivity index is 1.36. The summed E-state index contributed by atoms with van der Waals surface area (Å²) in [6.45, 7) is 0.964. The number of aldehydes is 1. The number of fused-ring (bicyclic) bond motifs is 1. The number of nitrogens with one attached hydrogen (secondary N) is 2. The standard InChI is InChI=1S/C31H38ClN3O7/c32-25-11-6-9-23(17-25)20-42-30(39)33-26(18-22-7-2-1-3-8-22)29(38)34-31(40,21-36)14-13-28(37)35-15-16-41-27-12-5-4-10-24(27)19-35/h4-6,9-12,17,21-22,26,40H,1-3,7-8,13-16,18-20H2,(H,33,39)(H,34,38)/t26-,31?/m0/s1. The van der Waals surface area contributed by atoms with Gasteiger partial charge in [-0.25, -0.2) is 4.79 Å². The first-order chi connectivity index (χ1) is 20.2. The number of ether oxygens (including phenoxy) is 2. The van der Waals surface area contributed by atoms with Gasteiger partial charge in [0.05, 0.1) is 6.54 Å². The molecule has 0 radical (unpaired) electrons. The lowest BCUT2D eigenvalue weighted by Crippen LogP contribution is -2.57. The molecule has 2 aromatic rings. The highest BCUT2D eigenvalue weighted by atomic mass is 35.5. The first-order valence-electron chi connectivity index (χ1n) is 14.4. The van der Waals surface area contributed by atoms with Gasteiger partial charge in [0, 0.05) is 30.0 Å². The average molecular weight is 600 g/mol. The smallest absolute Gasteiger partial charge is 0.408 e. The van der Waals surface area contributed by atoms with E-state index in [0.717, 1.165) is 37.7 Å². The second-order valence-electron chi connectivity index (χ2n) is 10.9. The molecule has 1 aliphatic carbocycles. The van der Waals surface area contributed by atoms with E-state index in [4.69, 9.17) is 21.1 Å². The third-order valence-corrected chi connectivity index (χ3v) is 7.96. The fourth-order valence-electron chi connectivity index (χ4n) is 5.39. The number of amides is 3. The largest absolute Gasteiger partial charge is 0.491 e. The quantitative estimate of drug-likeness (QED) is 0.261. The minimum absolute atomic E-state index is 0.0451. The first kappa shape index (κ1) is 31.3. The van der Waals surface area contributed by atoms with E-state index in [1.54, 1.807) is 29.2 Å². The zero-order valence-electron chi connectivity index (χ0n) is 23.6. The third-order valence-electron chi connectivity index (χ3n) is 7.72. The summed E-state index contributed by atoms with van der Waals surface area (Å²) in [6, 6.07) is 13.3. The molecule has 2 atom stereocenters. The zero-order valence-corrected chi connectivity index (χ0v) is 24.3. The molecular weight excluding hydrogens is 562 g/mol. The van der Waals surface area contributed by atoms with Crippen LogP contribution in [0, 0.1) is 5.92 Å². The number of halogens is 1. The van der Waals surface area contributed by atoms with Gasteiger partial charge in [0.2, 0.25) is 11.8 Å². The Morgan fingerprint density at radius 2 is 1.93 bits per heavy atom. The summed E-state index contributed by atoms with van der Waals surface area (Å²) < 4.78 is 11.0. The fourth-order valence-corrected chi connectivity index (χ4v) is 5.61. The number of carbonyl (C=O) groups is 4. The van der Waals surface area contributed by atoms with E-state index in [0.29, 0.717) is 42.5 Å². The van der Waals surface area contributed by atoms with E-state index in [2.05, 4.69) is 10.6 Å². The van der Waals surface area contributed by atoms with Crippen molar-refractivity contribution in [2.45, 2.75) is 76.3 Å². The Hall–Kier alpha value is -3.63. The molecule has 3 N–H and O–H groups in total. The van der Waals surface area contributed by atoms with Crippen LogP contribution in [0.25, 0.3) is 0 Å². The molecule has 2 aromatic carbocycles. The molecule has 0 aromatic heterocycles. The topological polar surface area (TPSA) is 134 Å². The molecule has 3 amide bonds.